The van der Waals surface area contributed by atoms with Crippen molar-refractivity contribution in [1.29, 1.82) is 0 Å². The van der Waals surface area contributed by atoms with Crippen LogP contribution < -0.4 is 10.6 Å². The first kappa shape index (κ1) is 13.7. The molecule has 0 rings (SSSR count). The van der Waals surface area contributed by atoms with Crippen molar-refractivity contribution in [3.05, 3.63) is 12.7 Å². The number of rotatable bonds is 6. The van der Waals surface area contributed by atoms with Gasteiger partial charge in [-0.2, -0.15) is 0 Å². The molecule has 0 spiro atoms. The van der Waals surface area contributed by atoms with Crippen molar-refractivity contribution in [1.82, 2.24) is 10.6 Å². The molecule has 0 bridgehead atoms. The van der Waals surface area contributed by atoms with Crippen LogP contribution in [0.2, 0.25) is 0 Å². The summed E-state index contributed by atoms with van der Waals surface area (Å²) in [5.41, 5.74) is -1.03. The molecule has 0 heterocycles. The highest BCUT2D eigenvalue weighted by Gasteiger charge is 2.35. The maximum Gasteiger partial charge on any atom is 0.235 e. The highest BCUT2D eigenvalue weighted by Crippen LogP contribution is 2.14. The van der Waals surface area contributed by atoms with E-state index in [9.17, 15) is 9.59 Å². The smallest absolute Gasteiger partial charge is 0.235 e. The largest absolute Gasteiger partial charge is 0.355 e. The summed E-state index contributed by atoms with van der Waals surface area (Å²) < 4.78 is 0. The molecule has 0 aromatic rings. The maximum absolute atomic E-state index is 11.6. The maximum atomic E-state index is 11.6. The number of carbonyl (C=O) groups excluding carboxylic acids is 2. The molecule has 86 valence electrons. The summed E-state index contributed by atoms with van der Waals surface area (Å²) in [5, 5.41) is 5.32. The minimum absolute atomic E-state index is 0.245. The fourth-order valence-electron chi connectivity index (χ4n) is 0.948. The van der Waals surface area contributed by atoms with Gasteiger partial charge in [0.15, 0.2) is 0 Å². The van der Waals surface area contributed by atoms with Crippen LogP contribution in [-0.4, -0.2) is 24.9 Å². The van der Waals surface area contributed by atoms with Crippen LogP contribution in [0.15, 0.2) is 12.7 Å². The van der Waals surface area contributed by atoms with Crippen LogP contribution in [0.4, 0.5) is 0 Å². The van der Waals surface area contributed by atoms with Crippen LogP contribution in [0, 0.1) is 5.41 Å². The van der Waals surface area contributed by atoms with E-state index in [1.54, 1.807) is 19.9 Å². The molecule has 2 N–H and O–H groups in total. The Morgan fingerprint density at radius 2 is 1.80 bits per heavy atom. The molecule has 4 nitrogen and oxygen atoms in total. The summed E-state index contributed by atoms with van der Waals surface area (Å²) in [6.07, 6.45) is 2.44. The topological polar surface area (TPSA) is 58.2 Å². The van der Waals surface area contributed by atoms with Gasteiger partial charge in [-0.05, 0) is 20.3 Å². The Morgan fingerprint density at radius 1 is 1.27 bits per heavy atom. The second kappa shape index (κ2) is 6.22. The summed E-state index contributed by atoms with van der Waals surface area (Å²) in [4.78, 5) is 23.2. The average molecular weight is 212 g/mol. The van der Waals surface area contributed by atoms with E-state index in [-0.39, 0.29) is 11.8 Å². The summed E-state index contributed by atoms with van der Waals surface area (Å²) in [6, 6.07) is 0. The lowest BCUT2D eigenvalue weighted by Crippen LogP contribution is -2.48. The lowest BCUT2D eigenvalue weighted by Gasteiger charge is -2.22. The SMILES string of the molecule is C=CCNC(=O)C(C)(C)C(=O)NCCC. The zero-order valence-electron chi connectivity index (χ0n) is 9.72. The van der Waals surface area contributed by atoms with Crippen molar-refractivity contribution < 1.29 is 9.59 Å². The van der Waals surface area contributed by atoms with Gasteiger partial charge in [-0.1, -0.05) is 13.0 Å². The highest BCUT2D eigenvalue weighted by molar-refractivity contribution is 6.04. The predicted octanol–water partition coefficient (Wildman–Crippen LogP) is 0.841. The van der Waals surface area contributed by atoms with Gasteiger partial charge in [-0.3, -0.25) is 9.59 Å². The van der Waals surface area contributed by atoms with E-state index < -0.39 is 5.41 Å². The molecule has 0 aromatic carbocycles. The fraction of sp³-hybridized carbons (Fsp3) is 0.636. The van der Waals surface area contributed by atoms with Crippen molar-refractivity contribution in [2.75, 3.05) is 13.1 Å². The summed E-state index contributed by atoms with van der Waals surface area (Å²) >= 11 is 0. The predicted molar refractivity (Wildman–Crippen MR) is 60.3 cm³/mol. The second-order valence-corrected chi connectivity index (χ2v) is 3.88. The third-order valence-electron chi connectivity index (χ3n) is 2.08. The van der Waals surface area contributed by atoms with Gasteiger partial charge in [0.1, 0.15) is 5.41 Å². The monoisotopic (exact) mass is 212 g/mol. The molecule has 0 aromatic heterocycles. The normalized spacial score (nSPS) is 10.6. The van der Waals surface area contributed by atoms with Crippen LogP contribution >= 0.6 is 0 Å². The summed E-state index contributed by atoms with van der Waals surface area (Å²) in [5.74, 6) is -0.526. The first-order valence-corrected chi connectivity index (χ1v) is 5.14. The van der Waals surface area contributed by atoms with Gasteiger partial charge in [-0.25, -0.2) is 0 Å². The lowest BCUT2D eigenvalue weighted by molar-refractivity contribution is -0.141. The zero-order valence-corrected chi connectivity index (χ0v) is 9.72. The number of nitrogens with one attached hydrogen (secondary N) is 2. The third kappa shape index (κ3) is 4.14. The van der Waals surface area contributed by atoms with E-state index >= 15 is 0 Å². The van der Waals surface area contributed by atoms with Crippen LogP contribution in [0.3, 0.4) is 0 Å². The van der Waals surface area contributed by atoms with E-state index in [1.165, 1.54) is 0 Å². The Morgan fingerprint density at radius 3 is 2.27 bits per heavy atom. The van der Waals surface area contributed by atoms with Crippen molar-refractivity contribution >= 4 is 11.8 Å². The molecular formula is C11H20N2O2. The molecule has 0 saturated carbocycles. The Labute approximate surface area is 91.1 Å². The van der Waals surface area contributed by atoms with Gasteiger partial charge in [0.2, 0.25) is 11.8 Å². The number of hydrogen-bond acceptors (Lipinski definition) is 2. The minimum atomic E-state index is -1.03. The summed E-state index contributed by atoms with van der Waals surface area (Å²) in [6.45, 7) is 9.64. The van der Waals surface area contributed by atoms with Crippen molar-refractivity contribution in [3.8, 4) is 0 Å². The second-order valence-electron chi connectivity index (χ2n) is 3.88. The molecule has 4 heteroatoms. The van der Waals surface area contributed by atoms with Crippen molar-refractivity contribution in [2.24, 2.45) is 5.41 Å². The van der Waals surface area contributed by atoms with Crippen LogP contribution in [0.25, 0.3) is 0 Å². The summed E-state index contributed by atoms with van der Waals surface area (Å²) in [7, 11) is 0. The molecule has 0 unspecified atom stereocenters. The van der Waals surface area contributed by atoms with Gasteiger partial charge in [0.25, 0.3) is 0 Å². The van der Waals surface area contributed by atoms with Crippen molar-refractivity contribution in [3.63, 3.8) is 0 Å². The molecule has 0 saturated heterocycles. The van der Waals surface area contributed by atoms with E-state index in [1.807, 2.05) is 6.92 Å². The Hall–Kier alpha value is -1.32. The van der Waals surface area contributed by atoms with Gasteiger partial charge < -0.3 is 10.6 Å². The Balaban J connectivity index is 4.30. The first-order valence-electron chi connectivity index (χ1n) is 5.14. The standard InChI is InChI=1S/C11H20N2O2/c1-5-7-12-9(14)11(3,4)10(15)13-8-6-2/h5H,1,6-8H2,2-4H3,(H,12,14)(H,13,15). The first-order chi connectivity index (χ1) is 6.96. The van der Waals surface area contributed by atoms with E-state index in [2.05, 4.69) is 17.2 Å². The number of carbonyl (C=O) groups is 2. The van der Waals surface area contributed by atoms with Crippen molar-refractivity contribution in [2.45, 2.75) is 27.2 Å². The molecule has 0 aliphatic carbocycles. The van der Waals surface area contributed by atoms with E-state index in [0.717, 1.165) is 6.42 Å². The average Bonchev–Trinajstić information content (AvgIpc) is 2.21. The molecular weight excluding hydrogens is 192 g/mol. The zero-order chi connectivity index (χ0) is 11.9. The fourth-order valence-corrected chi connectivity index (χ4v) is 0.948. The van der Waals surface area contributed by atoms with E-state index in [4.69, 9.17) is 0 Å². The number of amides is 2. The lowest BCUT2D eigenvalue weighted by atomic mass is 9.91. The third-order valence-corrected chi connectivity index (χ3v) is 2.08. The molecule has 0 fully saturated rings. The molecule has 0 atom stereocenters. The molecule has 0 aliphatic rings. The quantitative estimate of drug-likeness (QED) is 0.506. The highest BCUT2D eigenvalue weighted by atomic mass is 16.2. The van der Waals surface area contributed by atoms with Gasteiger partial charge >= 0.3 is 0 Å². The Kier molecular flexibility index (Phi) is 5.67. The van der Waals surface area contributed by atoms with Gasteiger partial charge in [-0.15, -0.1) is 6.58 Å². The molecule has 0 radical (unpaired) electrons. The molecule has 15 heavy (non-hydrogen) atoms. The molecule has 0 aliphatic heterocycles. The van der Waals surface area contributed by atoms with Gasteiger partial charge in [0.05, 0.1) is 0 Å². The van der Waals surface area contributed by atoms with Crippen LogP contribution in [-0.2, 0) is 9.59 Å². The van der Waals surface area contributed by atoms with Gasteiger partial charge in [0, 0.05) is 13.1 Å². The van der Waals surface area contributed by atoms with E-state index in [0.29, 0.717) is 13.1 Å². The van der Waals surface area contributed by atoms with Crippen LogP contribution in [0.1, 0.15) is 27.2 Å². The Bertz CT molecular complexity index is 247. The minimum Gasteiger partial charge on any atom is -0.355 e. The number of hydrogen-bond donors (Lipinski definition) is 2. The molecule has 2 amide bonds. The van der Waals surface area contributed by atoms with Crippen LogP contribution in [0.5, 0.6) is 0 Å².